The van der Waals surface area contributed by atoms with Crippen molar-refractivity contribution in [2.24, 2.45) is 0 Å². The SMILES string of the molecule is CCCCNC(=O)NC(=O)CN1CCCCCC1CO. The summed E-state index contributed by atoms with van der Waals surface area (Å²) >= 11 is 0. The zero-order chi connectivity index (χ0) is 14.8. The minimum absolute atomic E-state index is 0.0337. The fourth-order valence-corrected chi connectivity index (χ4v) is 2.43. The van der Waals surface area contributed by atoms with E-state index in [1.807, 2.05) is 11.8 Å². The average molecular weight is 285 g/mol. The van der Waals surface area contributed by atoms with Gasteiger partial charge >= 0.3 is 6.03 Å². The number of rotatable bonds is 6. The highest BCUT2D eigenvalue weighted by Crippen LogP contribution is 2.15. The second kappa shape index (κ2) is 9.72. The van der Waals surface area contributed by atoms with Gasteiger partial charge in [-0.3, -0.25) is 15.0 Å². The van der Waals surface area contributed by atoms with Gasteiger partial charge < -0.3 is 10.4 Å². The van der Waals surface area contributed by atoms with E-state index < -0.39 is 6.03 Å². The third-order valence-electron chi connectivity index (χ3n) is 3.63. The highest BCUT2D eigenvalue weighted by atomic mass is 16.3. The smallest absolute Gasteiger partial charge is 0.321 e. The summed E-state index contributed by atoms with van der Waals surface area (Å²) in [5.41, 5.74) is 0. The van der Waals surface area contributed by atoms with Crippen molar-refractivity contribution in [3.05, 3.63) is 0 Å². The largest absolute Gasteiger partial charge is 0.395 e. The lowest BCUT2D eigenvalue weighted by molar-refractivity contribution is -0.121. The fourth-order valence-electron chi connectivity index (χ4n) is 2.43. The summed E-state index contributed by atoms with van der Waals surface area (Å²) in [6.07, 6.45) is 6.06. The molecule has 0 aliphatic carbocycles. The number of urea groups is 1. The van der Waals surface area contributed by atoms with E-state index in [4.69, 9.17) is 0 Å². The van der Waals surface area contributed by atoms with Gasteiger partial charge in [-0.15, -0.1) is 0 Å². The molecule has 20 heavy (non-hydrogen) atoms. The van der Waals surface area contributed by atoms with E-state index in [0.717, 1.165) is 45.1 Å². The number of nitrogens with one attached hydrogen (secondary N) is 2. The molecule has 0 radical (unpaired) electrons. The number of carbonyl (C=O) groups is 2. The van der Waals surface area contributed by atoms with Crippen molar-refractivity contribution in [3.8, 4) is 0 Å². The monoisotopic (exact) mass is 285 g/mol. The van der Waals surface area contributed by atoms with E-state index >= 15 is 0 Å². The molecule has 3 N–H and O–H groups in total. The lowest BCUT2D eigenvalue weighted by Gasteiger charge is -2.27. The molecule has 1 aliphatic rings. The molecule has 6 nitrogen and oxygen atoms in total. The van der Waals surface area contributed by atoms with E-state index in [0.29, 0.717) is 6.54 Å². The minimum Gasteiger partial charge on any atom is -0.395 e. The van der Waals surface area contributed by atoms with Crippen LogP contribution in [0.1, 0.15) is 45.4 Å². The quantitative estimate of drug-likeness (QED) is 0.632. The Bertz CT molecular complexity index is 310. The second-order valence-electron chi connectivity index (χ2n) is 5.31. The van der Waals surface area contributed by atoms with Crippen LogP contribution in [-0.4, -0.2) is 54.2 Å². The minimum atomic E-state index is -0.432. The fraction of sp³-hybridized carbons (Fsp3) is 0.857. The van der Waals surface area contributed by atoms with Crippen molar-refractivity contribution in [1.82, 2.24) is 15.5 Å². The molecule has 1 heterocycles. The number of nitrogens with zero attached hydrogens (tertiary/aromatic N) is 1. The van der Waals surface area contributed by atoms with Gasteiger partial charge in [0.05, 0.1) is 13.2 Å². The molecule has 116 valence electrons. The molecule has 0 bridgehead atoms. The summed E-state index contributed by atoms with van der Waals surface area (Å²) in [4.78, 5) is 25.3. The van der Waals surface area contributed by atoms with Crippen LogP contribution in [-0.2, 0) is 4.79 Å². The van der Waals surface area contributed by atoms with Gasteiger partial charge in [0.25, 0.3) is 0 Å². The number of aliphatic hydroxyl groups excluding tert-OH is 1. The molecule has 0 aromatic carbocycles. The lowest BCUT2D eigenvalue weighted by atomic mass is 10.1. The first-order chi connectivity index (χ1) is 9.67. The molecule has 0 aromatic heterocycles. The Morgan fingerprint density at radius 1 is 1.30 bits per heavy atom. The van der Waals surface area contributed by atoms with E-state index in [1.165, 1.54) is 0 Å². The van der Waals surface area contributed by atoms with Crippen LogP contribution in [0.15, 0.2) is 0 Å². The number of hydrogen-bond acceptors (Lipinski definition) is 4. The van der Waals surface area contributed by atoms with Crippen LogP contribution in [0.3, 0.4) is 0 Å². The third kappa shape index (κ3) is 6.34. The number of amides is 3. The Morgan fingerprint density at radius 2 is 2.10 bits per heavy atom. The zero-order valence-electron chi connectivity index (χ0n) is 12.4. The van der Waals surface area contributed by atoms with Crippen LogP contribution >= 0.6 is 0 Å². The maximum Gasteiger partial charge on any atom is 0.321 e. The highest BCUT2D eigenvalue weighted by molar-refractivity contribution is 5.95. The van der Waals surface area contributed by atoms with E-state index in [2.05, 4.69) is 10.6 Å². The predicted octanol–water partition coefficient (Wildman–Crippen LogP) is 0.849. The van der Waals surface area contributed by atoms with Crippen LogP contribution in [0.5, 0.6) is 0 Å². The molecule has 1 aliphatic heterocycles. The molecule has 1 unspecified atom stereocenters. The normalized spacial score (nSPS) is 20.2. The number of hydrogen-bond donors (Lipinski definition) is 3. The first kappa shape index (κ1) is 16.9. The molecule has 3 amide bonds. The van der Waals surface area contributed by atoms with Crippen molar-refractivity contribution >= 4 is 11.9 Å². The average Bonchev–Trinajstić information content (AvgIpc) is 2.63. The molecular formula is C14H27N3O3. The van der Waals surface area contributed by atoms with Gasteiger partial charge in [0.1, 0.15) is 0 Å². The van der Waals surface area contributed by atoms with Gasteiger partial charge in [0.15, 0.2) is 0 Å². The van der Waals surface area contributed by atoms with Crippen molar-refractivity contribution in [2.75, 3.05) is 26.2 Å². The Labute approximate surface area is 120 Å². The number of imide groups is 1. The van der Waals surface area contributed by atoms with Crippen LogP contribution in [0.25, 0.3) is 0 Å². The second-order valence-corrected chi connectivity index (χ2v) is 5.31. The number of likely N-dealkylation sites (tertiary alicyclic amines) is 1. The molecule has 0 aromatic rings. The molecule has 6 heteroatoms. The summed E-state index contributed by atoms with van der Waals surface area (Å²) in [5, 5.41) is 14.4. The van der Waals surface area contributed by atoms with Gasteiger partial charge in [-0.2, -0.15) is 0 Å². The summed E-state index contributed by atoms with van der Waals surface area (Å²) in [5.74, 6) is -0.306. The summed E-state index contributed by atoms with van der Waals surface area (Å²) in [6, 6.07) is -0.398. The van der Waals surface area contributed by atoms with E-state index in [9.17, 15) is 14.7 Å². The maximum absolute atomic E-state index is 11.8. The highest BCUT2D eigenvalue weighted by Gasteiger charge is 2.22. The van der Waals surface area contributed by atoms with Crippen molar-refractivity contribution < 1.29 is 14.7 Å². The van der Waals surface area contributed by atoms with Crippen LogP contribution < -0.4 is 10.6 Å². The zero-order valence-corrected chi connectivity index (χ0v) is 12.4. The molecule has 1 atom stereocenters. The summed E-state index contributed by atoms with van der Waals surface area (Å²) < 4.78 is 0. The Hall–Kier alpha value is -1.14. The van der Waals surface area contributed by atoms with E-state index in [1.54, 1.807) is 0 Å². The van der Waals surface area contributed by atoms with Crippen molar-refractivity contribution in [3.63, 3.8) is 0 Å². The number of unbranched alkanes of at least 4 members (excludes halogenated alkanes) is 1. The predicted molar refractivity (Wildman–Crippen MR) is 77.4 cm³/mol. The first-order valence-corrected chi connectivity index (χ1v) is 7.60. The Morgan fingerprint density at radius 3 is 2.80 bits per heavy atom. The van der Waals surface area contributed by atoms with Gasteiger partial charge in [-0.25, -0.2) is 4.79 Å². The lowest BCUT2D eigenvalue weighted by Crippen LogP contribution is -2.48. The molecule has 1 fully saturated rings. The standard InChI is InChI=1S/C14H27N3O3/c1-2-3-8-15-14(20)16-13(19)10-17-9-6-4-5-7-12(17)11-18/h12,18H,2-11H2,1H3,(H2,15,16,19,20). The van der Waals surface area contributed by atoms with Crippen molar-refractivity contribution in [2.45, 2.75) is 51.5 Å². The van der Waals surface area contributed by atoms with Gasteiger partial charge in [0, 0.05) is 12.6 Å². The number of carbonyl (C=O) groups excluding carboxylic acids is 2. The number of aliphatic hydroxyl groups is 1. The van der Waals surface area contributed by atoms with Gasteiger partial charge in [0.2, 0.25) is 5.91 Å². The summed E-state index contributed by atoms with van der Waals surface area (Å²) in [7, 11) is 0. The first-order valence-electron chi connectivity index (χ1n) is 7.60. The van der Waals surface area contributed by atoms with Crippen LogP contribution in [0.2, 0.25) is 0 Å². The topological polar surface area (TPSA) is 81.7 Å². The van der Waals surface area contributed by atoms with Crippen LogP contribution in [0, 0.1) is 0 Å². The Kier molecular flexibility index (Phi) is 8.22. The molecular weight excluding hydrogens is 258 g/mol. The third-order valence-corrected chi connectivity index (χ3v) is 3.63. The summed E-state index contributed by atoms with van der Waals surface area (Å²) in [6.45, 7) is 3.66. The maximum atomic E-state index is 11.8. The van der Waals surface area contributed by atoms with Gasteiger partial charge in [-0.1, -0.05) is 26.2 Å². The van der Waals surface area contributed by atoms with Gasteiger partial charge in [-0.05, 0) is 25.8 Å². The van der Waals surface area contributed by atoms with Crippen LogP contribution in [0.4, 0.5) is 4.79 Å². The molecule has 1 rings (SSSR count). The molecule has 1 saturated heterocycles. The molecule has 0 saturated carbocycles. The van der Waals surface area contributed by atoms with Crippen molar-refractivity contribution in [1.29, 1.82) is 0 Å². The molecule has 0 spiro atoms. The Balaban J connectivity index is 2.33. The van der Waals surface area contributed by atoms with E-state index in [-0.39, 0.29) is 25.1 Å².